The smallest absolute Gasteiger partial charge is 0.169 e. The number of carbonyl (C=O) groups is 1. The number of hydrogen-bond donors (Lipinski definition) is 0. The number of nitrogens with zero attached hydrogens (tertiary/aromatic N) is 4. The minimum Gasteiger partial charge on any atom is -0.358 e. The van der Waals surface area contributed by atoms with Crippen LogP contribution in [0.5, 0.6) is 0 Å². The van der Waals surface area contributed by atoms with Crippen LogP contribution in [0.4, 0.5) is 0 Å². The van der Waals surface area contributed by atoms with E-state index < -0.39 is 6.04 Å². The maximum atomic E-state index is 12.1. The fraction of sp³-hybridized carbons (Fsp3) is 0.154. The lowest BCUT2D eigenvalue weighted by Crippen LogP contribution is -2.08. The van der Waals surface area contributed by atoms with E-state index in [0.29, 0.717) is 10.8 Å². The molecule has 3 heterocycles. The minimum atomic E-state index is -0.469. The van der Waals surface area contributed by atoms with Crippen molar-refractivity contribution in [3.8, 4) is 22.3 Å². The van der Waals surface area contributed by atoms with Gasteiger partial charge < -0.3 is 4.52 Å². The molecule has 2 aromatic carbocycles. The zero-order chi connectivity index (χ0) is 23.1. The van der Waals surface area contributed by atoms with Crippen molar-refractivity contribution in [1.29, 1.82) is 0 Å². The number of Topliss-reactive ketones (excluding diaryl/α,β-unsaturated/α-hetero) is 1. The third-order valence-corrected chi connectivity index (χ3v) is 5.99. The Bertz CT molecular complexity index is 1410. The molecule has 4 aromatic rings. The van der Waals surface area contributed by atoms with Gasteiger partial charge in [0.25, 0.3) is 0 Å². The van der Waals surface area contributed by atoms with Crippen molar-refractivity contribution in [1.82, 2.24) is 14.9 Å². The summed E-state index contributed by atoms with van der Waals surface area (Å²) in [4.78, 5) is 17.2. The lowest BCUT2D eigenvalue weighted by Gasteiger charge is -2.13. The van der Waals surface area contributed by atoms with Crippen LogP contribution in [0, 0.1) is 6.92 Å². The molecule has 0 aliphatic carbocycles. The summed E-state index contributed by atoms with van der Waals surface area (Å²) < 4.78 is 7.39. The average Bonchev–Trinajstić information content (AvgIpc) is 3.40. The van der Waals surface area contributed by atoms with Gasteiger partial charge >= 0.3 is 0 Å². The molecule has 0 bridgehead atoms. The fourth-order valence-electron chi connectivity index (χ4n) is 4.20. The van der Waals surface area contributed by atoms with Crippen LogP contribution in [0.25, 0.3) is 28.5 Å². The number of rotatable bonds is 5. The zero-order valence-electron chi connectivity index (χ0n) is 18.2. The molecule has 1 aliphatic rings. The lowest BCUT2D eigenvalue weighted by atomic mass is 9.90. The molecule has 164 valence electrons. The van der Waals surface area contributed by atoms with Gasteiger partial charge in [0.15, 0.2) is 5.76 Å². The molecule has 0 N–H and O–H groups in total. The van der Waals surface area contributed by atoms with Crippen LogP contribution in [0.3, 0.4) is 0 Å². The third-order valence-electron chi connectivity index (χ3n) is 5.74. The molecule has 0 unspecified atom stereocenters. The molecule has 1 atom stereocenters. The number of hydrogen-bond acceptors (Lipinski definition) is 5. The Hall–Kier alpha value is -3.77. The van der Waals surface area contributed by atoms with E-state index in [0.717, 1.165) is 44.8 Å². The molecule has 0 fully saturated rings. The number of ketones is 1. The summed E-state index contributed by atoms with van der Waals surface area (Å²) in [7, 11) is 0. The Balaban J connectivity index is 1.78. The normalized spacial score (nSPS) is 14.8. The number of aromatic nitrogens is 3. The monoisotopic (exact) mass is 456 g/mol. The zero-order valence-corrected chi connectivity index (χ0v) is 19.0. The summed E-state index contributed by atoms with van der Waals surface area (Å²) in [6, 6.07) is 13.3. The molecule has 0 amide bonds. The van der Waals surface area contributed by atoms with Gasteiger partial charge in [-0.2, -0.15) is 5.10 Å². The van der Waals surface area contributed by atoms with Crippen LogP contribution >= 0.6 is 11.6 Å². The second kappa shape index (κ2) is 8.30. The average molecular weight is 457 g/mol. The van der Waals surface area contributed by atoms with Gasteiger partial charge in [-0.15, -0.1) is 0 Å². The van der Waals surface area contributed by atoms with Gasteiger partial charge in [0.2, 0.25) is 0 Å². The van der Waals surface area contributed by atoms with Crippen molar-refractivity contribution in [3.05, 3.63) is 89.0 Å². The molecule has 0 spiro atoms. The number of carbonyl (C=O) groups excluding carboxylic acids is 1. The third kappa shape index (κ3) is 3.83. The molecule has 5 rings (SSSR count). The Morgan fingerprint density at radius 2 is 1.91 bits per heavy atom. The molecule has 0 radical (unpaired) electrons. The second-order valence-electron chi connectivity index (χ2n) is 8.07. The number of halogens is 1. The van der Waals surface area contributed by atoms with Crippen LogP contribution in [-0.2, 0) is 4.79 Å². The van der Waals surface area contributed by atoms with Crippen LogP contribution < -0.4 is 0 Å². The van der Waals surface area contributed by atoms with Crippen molar-refractivity contribution in [3.63, 3.8) is 0 Å². The molecule has 0 saturated carbocycles. The maximum Gasteiger partial charge on any atom is 0.169 e. The number of aliphatic imine (C=N–C) groups is 1. The predicted molar refractivity (Wildman–Crippen MR) is 129 cm³/mol. The first-order valence-corrected chi connectivity index (χ1v) is 10.9. The summed E-state index contributed by atoms with van der Waals surface area (Å²) in [6.45, 7) is 7.24. The summed E-state index contributed by atoms with van der Waals surface area (Å²) in [5.74, 6) is 0.642. The molecule has 6 nitrogen and oxygen atoms in total. The predicted octanol–water partition coefficient (Wildman–Crippen LogP) is 6.14. The van der Waals surface area contributed by atoms with Crippen molar-refractivity contribution in [2.24, 2.45) is 4.99 Å². The highest BCUT2D eigenvalue weighted by Gasteiger charge is 2.31. The van der Waals surface area contributed by atoms with E-state index in [-0.39, 0.29) is 12.2 Å². The maximum absolute atomic E-state index is 12.1. The number of aryl methyl sites for hydroxylation is 1. The second-order valence-corrected chi connectivity index (χ2v) is 8.50. The minimum absolute atomic E-state index is 0.0303. The number of benzene rings is 2. The number of fused-ring (bicyclic) bond motifs is 3. The standard InChI is InChI=1S/C26H21ClN4O2/c1-4-31-14-19(13-28-31)18-7-10-21-22(12-18)25(17-5-8-20(27)9-6-17)29-23(11-15(2)32)26-24(21)16(3)30-33-26/h4-10,12-14,23H,1,11H2,2-3H3/t23-/m0/s1. The first-order chi connectivity index (χ1) is 15.9. The Morgan fingerprint density at radius 1 is 1.15 bits per heavy atom. The van der Waals surface area contributed by atoms with Gasteiger partial charge in [-0.3, -0.25) is 9.79 Å². The summed E-state index contributed by atoms with van der Waals surface area (Å²) in [6.07, 6.45) is 5.59. The van der Waals surface area contributed by atoms with Gasteiger partial charge in [0.1, 0.15) is 11.8 Å². The van der Waals surface area contributed by atoms with Crippen LogP contribution in [0.15, 0.2) is 71.0 Å². The van der Waals surface area contributed by atoms with E-state index in [4.69, 9.17) is 21.1 Å². The van der Waals surface area contributed by atoms with Gasteiger partial charge in [-0.1, -0.05) is 47.6 Å². The van der Waals surface area contributed by atoms with Gasteiger partial charge in [0.05, 0.1) is 23.2 Å². The van der Waals surface area contributed by atoms with Gasteiger partial charge in [-0.05, 0) is 43.2 Å². The van der Waals surface area contributed by atoms with E-state index >= 15 is 0 Å². The van der Waals surface area contributed by atoms with Crippen molar-refractivity contribution in [2.75, 3.05) is 0 Å². The van der Waals surface area contributed by atoms with Crippen LogP contribution in [-0.4, -0.2) is 26.4 Å². The Morgan fingerprint density at radius 3 is 2.61 bits per heavy atom. The summed E-state index contributed by atoms with van der Waals surface area (Å²) >= 11 is 6.15. The molecular formula is C26H21ClN4O2. The SMILES string of the molecule is C=Cn1cc(-c2ccc3c(c2)C(c2ccc(Cl)cc2)=N[C@@H](CC(C)=O)c2onc(C)c2-3)cn1. The Labute approximate surface area is 196 Å². The first-order valence-electron chi connectivity index (χ1n) is 10.6. The van der Waals surface area contributed by atoms with E-state index in [9.17, 15) is 4.79 Å². The van der Waals surface area contributed by atoms with Crippen molar-refractivity contribution in [2.45, 2.75) is 26.3 Å². The highest BCUT2D eigenvalue weighted by Crippen LogP contribution is 2.42. The Kier molecular flexibility index (Phi) is 5.30. The summed E-state index contributed by atoms with van der Waals surface area (Å²) in [5, 5.41) is 9.15. The quantitative estimate of drug-likeness (QED) is 0.361. The van der Waals surface area contributed by atoms with E-state index in [1.807, 2.05) is 43.5 Å². The molecule has 2 aromatic heterocycles. The highest BCUT2D eigenvalue weighted by atomic mass is 35.5. The molecule has 33 heavy (non-hydrogen) atoms. The van der Waals surface area contributed by atoms with E-state index in [1.54, 1.807) is 24.0 Å². The molecule has 0 saturated heterocycles. The molecule has 7 heteroatoms. The molecular weight excluding hydrogens is 436 g/mol. The fourth-order valence-corrected chi connectivity index (χ4v) is 4.33. The first kappa shape index (κ1) is 21.1. The summed E-state index contributed by atoms with van der Waals surface area (Å²) in [5.41, 5.74) is 7.17. The van der Waals surface area contributed by atoms with Crippen LogP contribution in [0.1, 0.15) is 42.0 Å². The van der Waals surface area contributed by atoms with Crippen LogP contribution in [0.2, 0.25) is 5.02 Å². The lowest BCUT2D eigenvalue weighted by molar-refractivity contribution is -0.117. The largest absolute Gasteiger partial charge is 0.358 e. The van der Waals surface area contributed by atoms with Crippen molar-refractivity contribution >= 4 is 29.3 Å². The van der Waals surface area contributed by atoms with Gasteiger partial charge in [0, 0.05) is 40.5 Å². The van der Waals surface area contributed by atoms with Gasteiger partial charge in [-0.25, -0.2) is 4.68 Å². The topological polar surface area (TPSA) is 73.3 Å². The highest BCUT2D eigenvalue weighted by molar-refractivity contribution is 6.30. The molecule has 1 aliphatic heterocycles. The van der Waals surface area contributed by atoms with Crippen molar-refractivity contribution < 1.29 is 9.32 Å². The van der Waals surface area contributed by atoms with E-state index in [1.165, 1.54) is 0 Å². The van der Waals surface area contributed by atoms with E-state index in [2.05, 4.69) is 29.0 Å².